The Hall–Kier alpha value is -1.01. The number of nitrogens with zero attached hydrogens (tertiary/aromatic N) is 2. The zero-order valence-corrected chi connectivity index (χ0v) is 22.9. The van der Waals surface area contributed by atoms with Crippen LogP contribution in [0.15, 0.2) is 48.8 Å². The number of halogens is 1. The molecule has 2 nitrogen and oxygen atoms in total. The molecule has 2 rings (SSSR count). The van der Waals surface area contributed by atoms with Gasteiger partial charge in [0.05, 0.1) is 0 Å². The number of thiol groups is 1. The van der Waals surface area contributed by atoms with Gasteiger partial charge in [0.2, 0.25) is 0 Å². The van der Waals surface area contributed by atoms with Crippen molar-refractivity contribution in [3.63, 3.8) is 0 Å². The van der Waals surface area contributed by atoms with Crippen molar-refractivity contribution in [1.82, 2.24) is 0 Å². The molecule has 1 aromatic carbocycles. The molecule has 0 saturated carbocycles. The third-order valence-electron chi connectivity index (χ3n) is 5.70. The van der Waals surface area contributed by atoms with Gasteiger partial charge in [0.25, 0.3) is 0 Å². The van der Waals surface area contributed by atoms with E-state index < -0.39 is 0 Å². The van der Waals surface area contributed by atoms with Crippen molar-refractivity contribution < 1.29 is 28.5 Å². The van der Waals surface area contributed by atoms with Gasteiger partial charge in [0.15, 0.2) is 18.4 Å². The van der Waals surface area contributed by atoms with Gasteiger partial charge in [0.1, 0.15) is 0 Å². The molecule has 172 valence electrons. The van der Waals surface area contributed by atoms with E-state index in [4.69, 9.17) is 12.6 Å². The molecule has 4 heteroatoms. The van der Waals surface area contributed by atoms with Crippen LogP contribution in [0, 0.1) is 0 Å². The van der Waals surface area contributed by atoms with E-state index in [0.717, 1.165) is 6.54 Å². The first-order valence-electron chi connectivity index (χ1n) is 11.7. The zero-order valence-electron chi connectivity index (χ0n) is 19.8. The van der Waals surface area contributed by atoms with Crippen LogP contribution < -0.4 is 33.4 Å². The summed E-state index contributed by atoms with van der Waals surface area (Å²) in [7, 11) is 2.20. The molecular formula is C27H41IN2S. The van der Waals surface area contributed by atoms with Gasteiger partial charge in [-0.3, -0.25) is 0 Å². The lowest BCUT2D eigenvalue weighted by Crippen LogP contribution is -3.00. The van der Waals surface area contributed by atoms with E-state index in [1.165, 1.54) is 61.8 Å². The molecule has 0 aliphatic heterocycles. The maximum atomic E-state index is 4.71. The summed E-state index contributed by atoms with van der Waals surface area (Å²) < 4.78 is 2.21. The molecule has 1 atom stereocenters. The van der Waals surface area contributed by atoms with E-state index in [-0.39, 0.29) is 24.0 Å². The maximum absolute atomic E-state index is 4.71. The molecule has 0 radical (unpaired) electrons. The Morgan fingerprint density at radius 2 is 1.45 bits per heavy atom. The molecule has 0 fully saturated rings. The molecule has 0 amide bonds. The largest absolute Gasteiger partial charge is 1.00 e. The monoisotopic (exact) mass is 552 g/mol. The summed E-state index contributed by atoms with van der Waals surface area (Å²) in [5.74, 6) is 0. The van der Waals surface area contributed by atoms with Crippen molar-refractivity contribution in [2.45, 2.75) is 77.0 Å². The van der Waals surface area contributed by atoms with Crippen LogP contribution >= 0.6 is 12.6 Å². The lowest BCUT2D eigenvalue weighted by molar-refractivity contribution is -0.716. The van der Waals surface area contributed by atoms with Crippen molar-refractivity contribution in [1.29, 1.82) is 0 Å². The van der Waals surface area contributed by atoms with E-state index in [0.29, 0.717) is 11.3 Å². The standard InChI is InChI=1S/C27H40N2S.HI/c1-5-6-10-27(30)11-8-7-9-20-28(4)26-16-14-24(15-17-26)12-13-25-18-21-29(22-19-25)23(2)3;/h12-19,21-23,27H,5-11,20H2,1-4H3;1H. The molecule has 1 heterocycles. The van der Waals surface area contributed by atoms with E-state index in [9.17, 15) is 0 Å². The van der Waals surface area contributed by atoms with Crippen LogP contribution in [0.25, 0.3) is 12.2 Å². The Labute approximate surface area is 213 Å². The number of anilines is 1. The molecule has 1 unspecified atom stereocenters. The van der Waals surface area contributed by atoms with Gasteiger partial charge in [-0.25, -0.2) is 4.57 Å². The smallest absolute Gasteiger partial charge is 0.169 e. The second-order valence-corrected chi connectivity index (χ2v) is 9.39. The second-order valence-electron chi connectivity index (χ2n) is 8.66. The SMILES string of the molecule is CCCCC(S)CCCCCN(C)c1ccc(/C=C/c2cc[n+](C(C)C)cc2)cc1.[I-]. The van der Waals surface area contributed by atoms with Crippen LogP contribution in [0.1, 0.15) is 82.9 Å². The van der Waals surface area contributed by atoms with Gasteiger partial charge in [-0.2, -0.15) is 12.6 Å². The van der Waals surface area contributed by atoms with Gasteiger partial charge < -0.3 is 28.9 Å². The number of unbranched alkanes of at least 4 members (excludes halogenated alkanes) is 3. The summed E-state index contributed by atoms with van der Waals surface area (Å²) in [5, 5.41) is 0.593. The average Bonchev–Trinajstić information content (AvgIpc) is 2.76. The minimum Gasteiger partial charge on any atom is -1.00 e. The Morgan fingerprint density at radius 3 is 2.03 bits per heavy atom. The van der Waals surface area contributed by atoms with Crippen LogP contribution in [-0.2, 0) is 0 Å². The molecule has 0 aliphatic rings. The highest BCUT2D eigenvalue weighted by Gasteiger charge is 2.05. The summed E-state index contributed by atoms with van der Waals surface area (Å²) in [6.07, 6.45) is 17.6. The minimum absolute atomic E-state index is 0. The van der Waals surface area contributed by atoms with E-state index in [2.05, 4.69) is 98.2 Å². The third-order valence-corrected chi connectivity index (χ3v) is 6.21. The lowest BCUT2D eigenvalue weighted by atomic mass is 10.1. The Bertz CT molecular complexity index is 741. The van der Waals surface area contributed by atoms with Crippen molar-refractivity contribution in [3.05, 3.63) is 59.9 Å². The van der Waals surface area contributed by atoms with Crippen LogP contribution in [-0.4, -0.2) is 18.8 Å². The van der Waals surface area contributed by atoms with Gasteiger partial charge in [-0.1, -0.05) is 56.9 Å². The molecule has 31 heavy (non-hydrogen) atoms. The van der Waals surface area contributed by atoms with E-state index in [1.54, 1.807) is 0 Å². The molecule has 0 bridgehead atoms. The summed E-state index contributed by atoms with van der Waals surface area (Å²) in [4.78, 5) is 2.37. The Morgan fingerprint density at radius 1 is 0.871 bits per heavy atom. The molecule has 2 aromatic rings. The van der Waals surface area contributed by atoms with Gasteiger partial charge in [-0.05, 0) is 56.4 Å². The molecule has 0 aliphatic carbocycles. The predicted molar refractivity (Wildman–Crippen MR) is 136 cm³/mol. The molecule has 1 aromatic heterocycles. The van der Waals surface area contributed by atoms with E-state index >= 15 is 0 Å². The normalized spacial score (nSPS) is 12.2. The average molecular weight is 553 g/mol. The number of rotatable bonds is 13. The molecule has 0 saturated heterocycles. The highest BCUT2D eigenvalue weighted by molar-refractivity contribution is 7.80. The summed E-state index contributed by atoms with van der Waals surface area (Å²) in [6, 6.07) is 13.7. The molecular weight excluding hydrogens is 511 g/mol. The van der Waals surface area contributed by atoms with Crippen molar-refractivity contribution >= 4 is 30.5 Å². The van der Waals surface area contributed by atoms with Crippen LogP contribution in [0.4, 0.5) is 5.69 Å². The first-order chi connectivity index (χ1) is 14.5. The third kappa shape index (κ3) is 10.9. The quantitative estimate of drug-likeness (QED) is 0.169. The first-order valence-corrected chi connectivity index (χ1v) is 12.2. The highest BCUT2D eigenvalue weighted by atomic mass is 127. The summed E-state index contributed by atoms with van der Waals surface area (Å²) >= 11 is 4.71. The molecule has 0 spiro atoms. The van der Waals surface area contributed by atoms with Gasteiger partial charge in [-0.15, -0.1) is 0 Å². The number of hydrogen-bond acceptors (Lipinski definition) is 2. The summed E-state index contributed by atoms with van der Waals surface area (Å²) in [5.41, 5.74) is 3.76. The van der Waals surface area contributed by atoms with Gasteiger partial charge in [0, 0.05) is 36.7 Å². The number of benzene rings is 1. The lowest BCUT2D eigenvalue weighted by Gasteiger charge is -2.19. The van der Waals surface area contributed by atoms with Crippen LogP contribution in [0.3, 0.4) is 0 Å². The number of aromatic nitrogens is 1. The fourth-order valence-electron chi connectivity index (χ4n) is 3.56. The van der Waals surface area contributed by atoms with Crippen molar-refractivity contribution in [2.75, 3.05) is 18.5 Å². The van der Waals surface area contributed by atoms with E-state index in [1.807, 2.05) is 0 Å². The number of pyridine rings is 1. The fraction of sp³-hybridized carbons (Fsp3) is 0.519. The maximum Gasteiger partial charge on any atom is 0.169 e. The van der Waals surface area contributed by atoms with Crippen molar-refractivity contribution in [2.24, 2.45) is 0 Å². The Kier molecular flexibility index (Phi) is 14.2. The molecule has 0 N–H and O–H groups in total. The summed E-state index contributed by atoms with van der Waals surface area (Å²) in [6.45, 7) is 7.76. The Balaban J connectivity index is 0.00000480. The van der Waals surface area contributed by atoms with Crippen LogP contribution in [0.5, 0.6) is 0 Å². The van der Waals surface area contributed by atoms with Crippen LogP contribution in [0.2, 0.25) is 0 Å². The van der Waals surface area contributed by atoms with Crippen molar-refractivity contribution in [3.8, 4) is 0 Å². The topological polar surface area (TPSA) is 7.12 Å². The number of hydrogen-bond donors (Lipinski definition) is 1. The second kappa shape index (κ2) is 15.7. The van der Waals surface area contributed by atoms with Gasteiger partial charge >= 0.3 is 0 Å². The zero-order chi connectivity index (χ0) is 21.8. The highest BCUT2D eigenvalue weighted by Crippen LogP contribution is 2.18. The fourth-order valence-corrected chi connectivity index (χ4v) is 3.92. The first kappa shape index (κ1) is 28.0. The predicted octanol–water partition coefficient (Wildman–Crippen LogP) is 4.21. The minimum atomic E-state index is 0.